The molecule has 144 valence electrons. The van der Waals surface area contributed by atoms with Crippen molar-refractivity contribution in [2.24, 2.45) is 0 Å². The van der Waals surface area contributed by atoms with Crippen molar-refractivity contribution in [3.8, 4) is 5.75 Å². The summed E-state index contributed by atoms with van der Waals surface area (Å²) in [6, 6.07) is 17.5. The van der Waals surface area contributed by atoms with E-state index in [-0.39, 0.29) is 5.91 Å². The third-order valence-electron chi connectivity index (χ3n) is 4.44. The van der Waals surface area contributed by atoms with Crippen molar-refractivity contribution in [2.75, 3.05) is 19.0 Å². The molecule has 1 heterocycles. The lowest BCUT2D eigenvalue weighted by atomic mass is 10.1. The largest absolute Gasteiger partial charge is 0.497 e. The van der Waals surface area contributed by atoms with Crippen LogP contribution < -0.4 is 15.4 Å². The lowest BCUT2D eigenvalue weighted by molar-refractivity contribution is 0.0946. The van der Waals surface area contributed by atoms with Crippen LogP contribution in [0.3, 0.4) is 0 Å². The Labute approximate surface area is 165 Å². The first-order valence-electron chi connectivity index (χ1n) is 9.18. The number of ether oxygens (including phenoxy) is 1. The van der Waals surface area contributed by atoms with Crippen LogP contribution in [-0.2, 0) is 13.0 Å². The van der Waals surface area contributed by atoms with E-state index in [9.17, 15) is 4.79 Å². The highest BCUT2D eigenvalue weighted by Gasteiger charge is 2.09. The van der Waals surface area contributed by atoms with Crippen molar-refractivity contribution in [1.29, 1.82) is 0 Å². The van der Waals surface area contributed by atoms with Gasteiger partial charge in [0.2, 0.25) is 5.95 Å². The van der Waals surface area contributed by atoms with E-state index < -0.39 is 0 Å². The quantitative estimate of drug-likeness (QED) is 0.630. The van der Waals surface area contributed by atoms with Gasteiger partial charge in [0.05, 0.1) is 7.11 Å². The molecule has 1 aromatic heterocycles. The van der Waals surface area contributed by atoms with Crippen molar-refractivity contribution in [2.45, 2.75) is 19.9 Å². The average molecular weight is 376 g/mol. The molecule has 2 aromatic carbocycles. The highest BCUT2D eigenvalue weighted by Crippen LogP contribution is 2.12. The predicted molar refractivity (Wildman–Crippen MR) is 110 cm³/mol. The van der Waals surface area contributed by atoms with Gasteiger partial charge >= 0.3 is 0 Å². The second kappa shape index (κ2) is 9.50. The Bertz CT molecular complexity index is 926. The summed E-state index contributed by atoms with van der Waals surface area (Å²) in [7, 11) is 1.65. The van der Waals surface area contributed by atoms with E-state index in [0.29, 0.717) is 24.7 Å². The summed E-state index contributed by atoms with van der Waals surface area (Å²) < 4.78 is 5.16. The number of benzene rings is 2. The minimum atomic E-state index is -0.219. The molecule has 1 amide bonds. The Morgan fingerprint density at radius 1 is 1.07 bits per heavy atom. The number of nitrogens with zero attached hydrogens (tertiary/aromatic N) is 2. The number of hydrogen-bond donors (Lipinski definition) is 2. The van der Waals surface area contributed by atoms with Gasteiger partial charge in [0.15, 0.2) is 0 Å². The summed E-state index contributed by atoms with van der Waals surface area (Å²) >= 11 is 0. The number of nitrogens with one attached hydrogen (secondary N) is 2. The molecule has 28 heavy (non-hydrogen) atoms. The van der Waals surface area contributed by atoms with Crippen molar-refractivity contribution < 1.29 is 9.53 Å². The molecule has 2 N–H and O–H groups in total. The van der Waals surface area contributed by atoms with Gasteiger partial charge < -0.3 is 15.4 Å². The van der Waals surface area contributed by atoms with Gasteiger partial charge in [-0.15, -0.1) is 0 Å². The maximum atomic E-state index is 12.4. The van der Waals surface area contributed by atoms with Gasteiger partial charge in [-0.25, -0.2) is 9.97 Å². The van der Waals surface area contributed by atoms with Crippen LogP contribution in [0, 0.1) is 6.92 Å². The summed E-state index contributed by atoms with van der Waals surface area (Å²) in [5.74, 6) is 1.06. The number of rotatable bonds is 8. The fourth-order valence-electron chi connectivity index (χ4n) is 2.76. The SMILES string of the molecule is COc1ccc(CCNc2nccc(C(=O)NCc3ccccc3C)n2)cc1. The molecular formula is C22H24N4O2. The van der Waals surface area contributed by atoms with Gasteiger partial charge in [-0.05, 0) is 48.2 Å². The zero-order valence-electron chi connectivity index (χ0n) is 16.1. The van der Waals surface area contributed by atoms with Crippen LogP contribution in [0.2, 0.25) is 0 Å². The molecule has 0 atom stereocenters. The molecule has 6 nitrogen and oxygen atoms in total. The van der Waals surface area contributed by atoms with Crippen LogP contribution in [0.4, 0.5) is 5.95 Å². The Morgan fingerprint density at radius 3 is 2.61 bits per heavy atom. The highest BCUT2D eigenvalue weighted by atomic mass is 16.5. The summed E-state index contributed by atoms with van der Waals surface area (Å²) in [6.45, 7) is 3.16. The highest BCUT2D eigenvalue weighted by molar-refractivity contribution is 5.92. The van der Waals surface area contributed by atoms with Gasteiger partial charge in [0.25, 0.3) is 5.91 Å². The van der Waals surface area contributed by atoms with E-state index in [1.807, 2.05) is 55.5 Å². The molecular weight excluding hydrogens is 352 g/mol. The van der Waals surface area contributed by atoms with E-state index in [2.05, 4.69) is 20.6 Å². The van der Waals surface area contributed by atoms with Crippen LogP contribution in [0.5, 0.6) is 5.75 Å². The number of anilines is 1. The topological polar surface area (TPSA) is 76.1 Å². The van der Waals surface area contributed by atoms with Crippen LogP contribution in [0.25, 0.3) is 0 Å². The summed E-state index contributed by atoms with van der Waals surface area (Å²) in [5, 5.41) is 6.07. The molecule has 0 saturated carbocycles. The first-order chi connectivity index (χ1) is 13.7. The number of methoxy groups -OCH3 is 1. The number of amides is 1. The second-order valence-corrected chi connectivity index (χ2v) is 6.40. The van der Waals surface area contributed by atoms with Gasteiger partial charge in [0.1, 0.15) is 11.4 Å². The van der Waals surface area contributed by atoms with E-state index in [4.69, 9.17) is 4.74 Å². The lowest BCUT2D eigenvalue weighted by Crippen LogP contribution is -2.24. The number of carbonyl (C=O) groups excluding carboxylic acids is 1. The summed E-state index contributed by atoms with van der Waals surface area (Å²) in [5.41, 5.74) is 3.75. The maximum absolute atomic E-state index is 12.4. The van der Waals surface area contributed by atoms with Crippen LogP contribution >= 0.6 is 0 Å². The molecule has 3 aromatic rings. The van der Waals surface area contributed by atoms with E-state index in [1.165, 1.54) is 5.56 Å². The summed E-state index contributed by atoms with van der Waals surface area (Å²) in [6.07, 6.45) is 2.41. The fourth-order valence-corrected chi connectivity index (χ4v) is 2.76. The molecule has 0 aliphatic carbocycles. The van der Waals surface area contributed by atoms with Crippen molar-refractivity contribution >= 4 is 11.9 Å². The van der Waals surface area contributed by atoms with E-state index >= 15 is 0 Å². The van der Waals surface area contributed by atoms with Crippen LogP contribution in [0.15, 0.2) is 60.8 Å². The number of aromatic nitrogens is 2. The Kier molecular flexibility index (Phi) is 6.57. The fraction of sp³-hybridized carbons (Fsp3) is 0.227. The summed E-state index contributed by atoms with van der Waals surface area (Å²) in [4.78, 5) is 20.9. The molecule has 0 radical (unpaired) electrons. The van der Waals surface area contributed by atoms with Crippen molar-refractivity contribution in [3.63, 3.8) is 0 Å². The average Bonchev–Trinajstić information content (AvgIpc) is 2.74. The van der Waals surface area contributed by atoms with Crippen molar-refractivity contribution in [3.05, 3.63) is 83.2 Å². The first-order valence-corrected chi connectivity index (χ1v) is 9.18. The molecule has 0 aliphatic rings. The standard InChI is InChI=1S/C22H24N4O2/c1-16-5-3-4-6-18(16)15-25-21(27)20-12-14-24-22(26-20)23-13-11-17-7-9-19(28-2)10-8-17/h3-10,12,14H,11,13,15H2,1-2H3,(H,25,27)(H,23,24,26). The van der Waals surface area contributed by atoms with Crippen LogP contribution in [0.1, 0.15) is 27.2 Å². The van der Waals surface area contributed by atoms with E-state index in [0.717, 1.165) is 23.3 Å². The Morgan fingerprint density at radius 2 is 1.86 bits per heavy atom. The smallest absolute Gasteiger partial charge is 0.270 e. The normalized spacial score (nSPS) is 10.4. The zero-order valence-corrected chi connectivity index (χ0v) is 16.1. The molecule has 0 bridgehead atoms. The third-order valence-corrected chi connectivity index (χ3v) is 4.44. The molecule has 0 saturated heterocycles. The first kappa shape index (κ1) is 19.4. The minimum absolute atomic E-state index is 0.219. The zero-order chi connectivity index (χ0) is 19.8. The molecule has 0 unspecified atom stereocenters. The number of carbonyl (C=O) groups is 1. The number of aryl methyl sites for hydroxylation is 1. The predicted octanol–water partition coefficient (Wildman–Crippen LogP) is 3.38. The monoisotopic (exact) mass is 376 g/mol. The second-order valence-electron chi connectivity index (χ2n) is 6.40. The van der Waals surface area contributed by atoms with Crippen LogP contribution in [-0.4, -0.2) is 29.5 Å². The molecule has 0 aliphatic heterocycles. The van der Waals surface area contributed by atoms with Gasteiger partial charge in [0, 0.05) is 19.3 Å². The number of hydrogen-bond acceptors (Lipinski definition) is 5. The molecule has 0 spiro atoms. The molecule has 0 fully saturated rings. The minimum Gasteiger partial charge on any atom is -0.497 e. The van der Waals surface area contributed by atoms with Crippen molar-refractivity contribution in [1.82, 2.24) is 15.3 Å². The van der Waals surface area contributed by atoms with Gasteiger partial charge in [-0.1, -0.05) is 36.4 Å². The van der Waals surface area contributed by atoms with Gasteiger partial charge in [-0.3, -0.25) is 4.79 Å². The third kappa shape index (κ3) is 5.30. The molecule has 6 heteroatoms. The van der Waals surface area contributed by atoms with Gasteiger partial charge in [-0.2, -0.15) is 0 Å². The Balaban J connectivity index is 1.52. The van der Waals surface area contributed by atoms with E-state index in [1.54, 1.807) is 19.4 Å². The Hall–Kier alpha value is -3.41. The maximum Gasteiger partial charge on any atom is 0.270 e. The lowest BCUT2D eigenvalue weighted by Gasteiger charge is -2.09. The molecule has 3 rings (SSSR count).